The number of carbonyl (C=O) groups is 2. The van der Waals surface area contributed by atoms with E-state index in [4.69, 9.17) is 28.9 Å². The molecule has 158 valence electrons. The molecule has 0 saturated heterocycles. The molecular weight excluding hydrogens is 518 g/mol. The summed E-state index contributed by atoms with van der Waals surface area (Å²) in [6, 6.07) is 3.39. The van der Waals surface area contributed by atoms with Crippen LogP contribution in [-0.2, 0) is 9.53 Å². The van der Waals surface area contributed by atoms with Gasteiger partial charge >= 0.3 is 11.9 Å². The van der Waals surface area contributed by atoms with E-state index >= 15 is 0 Å². The molecule has 0 amide bonds. The van der Waals surface area contributed by atoms with Crippen molar-refractivity contribution in [2.45, 2.75) is 6.92 Å². The van der Waals surface area contributed by atoms with E-state index < -0.39 is 18.5 Å². The van der Waals surface area contributed by atoms with E-state index in [9.17, 15) is 9.59 Å². The average Bonchev–Trinajstić information content (AvgIpc) is 2.94. The number of methoxy groups -OCH3 is 3. The van der Waals surface area contributed by atoms with E-state index in [1.165, 1.54) is 21.3 Å². The Kier molecular flexibility index (Phi) is 7.80. The fraction of sp³-hybridized carbons (Fsp3) is 0.333. The van der Waals surface area contributed by atoms with Crippen LogP contribution in [0.15, 0.2) is 21.2 Å². The number of benzene rings is 1. The zero-order valence-corrected chi connectivity index (χ0v) is 19.2. The number of rotatable bonds is 9. The lowest BCUT2D eigenvalue weighted by Gasteiger charge is -2.16. The van der Waals surface area contributed by atoms with Crippen molar-refractivity contribution < 1.29 is 38.5 Å². The molecule has 29 heavy (non-hydrogen) atoms. The first-order valence-electron chi connectivity index (χ1n) is 8.23. The summed E-state index contributed by atoms with van der Waals surface area (Å²) in [5.41, 5.74) is 0.982. The van der Waals surface area contributed by atoms with Crippen LogP contribution in [0.25, 0.3) is 11.1 Å². The number of carboxylic acids is 1. The molecule has 0 aliphatic heterocycles. The van der Waals surface area contributed by atoms with Crippen LogP contribution in [0.1, 0.15) is 17.4 Å². The number of aliphatic carboxylic acids is 1. The van der Waals surface area contributed by atoms with Crippen molar-refractivity contribution in [3.8, 4) is 28.4 Å². The highest BCUT2D eigenvalue weighted by molar-refractivity contribution is 9.11. The second kappa shape index (κ2) is 9.88. The zero-order valence-electron chi connectivity index (χ0n) is 16.1. The number of halogens is 2. The highest BCUT2D eigenvalue weighted by atomic mass is 79.9. The van der Waals surface area contributed by atoms with Crippen molar-refractivity contribution in [1.29, 1.82) is 0 Å². The Morgan fingerprint density at radius 2 is 1.72 bits per heavy atom. The summed E-state index contributed by atoms with van der Waals surface area (Å²) in [5.74, 6) is -0.757. The maximum absolute atomic E-state index is 12.5. The highest BCUT2D eigenvalue weighted by Crippen LogP contribution is 2.49. The molecule has 0 aliphatic rings. The van der Waals surface area contributed by atoms with Gasteiger partial charge in [0.2, 0.25) is 12.4 Å². The Morgan fingerprint density at radius 3 is 2.24 bits per heavy atom. The van der Waals surface area contributed by atoms with Crippen molar-refractivity contribution in [3.63, 3.8) is 0 Å². The van der Waals surface area contributed by atoms with Crippen LogP contribution in [0.4, 0.5) is 0 Å². The van der Waals surface area contributed by atoms with Gasteiger partial charge in [0.05, 0.1) is 32.4 Å². The molecule has 0 spiro atoms. The molecule has 0 fully saturated rings. The van der Waals surface area contributed by atoms with Crippen molar-refractivity contribution in [1.82, 2.24) is 4.73 Å². The van der Waals surface area contributed by atoms with Gasteiger partial charge in [-0.2, -0.15) is 4.73 Å². The Bertz CT molecular complexity index is 925. The third kappa shape index (κ3) is 4.45. The Balaban J connectivity index is 2.78. The van der Waals surface area contributed by atoms with Crippen LogP contribution in [0.5, 0.6) is 17.2 Å². The predicted molar refractivity (Wildman–Crippen MR) is 110 cm³/mol. The van der Waals surface area contributed by atoms with Crippen molar-refractivity contribution in [2.75, 3.05) is 34.5 Å². The molecule has 0 radical (unpaired) electrons. The van der Waals surface area contributed by atoms with Crippen LogP contribution < -0.4 is 19.0 Å². The van der Waals surface area contributed by atoms with Crippen LogP contribution in [0.2, 0.25) is 0 Å². The Labute approximate surface area is 183 Å². The molecule has 1 heterocycles. The SMILES string of the molecule is CCOC(=O)c1c(Br)c(-c2ccc(OC)c(OC)c2OC)c(Br)n1OCC(=O)O. The highest BCUT2D eigenvalue weighted by Gasteiger charge is 2.31. The third-order valence-corrected chi connectivity index (χ3v) is 5.27. The second-order valence-corrected chi connectivity index (χ2v) is 6.94. The molecule has 2 rings (SSSR count). The molecule has 1 aromatic carbocycles. The summed E-state index contributed by atoms with van der Waals surface area (Å²) in [6.45, 7) is 1.11. The zero-order chi connectivity index (χ0) is 21.7. The van der Waals surface area contributed by atoms with Gasteiger partial charge in [-0.3, -0.25) is 0 Å². The summed E-state index contributed by atoms with van der Waals surface area (Å²) in [7, 11) is 4.43. The van der Waals surface area contributed by atoms with Gasteiger partial charge in [-0.05, 0) is 50.9 Å². The first-order chi connectivity index (χ1) is 13.8. The number of nitrogens with zero attached hydrogens (tertiary/aromatic N) is 1. The molecule has 9 nitrogen and oxygen atoms in total. The lowest BCUT2D eigenvalue weighted by atomic mass is 10.1. The smallest absolute Gasteiger partial charge is 0.359 e. The predicted octanol–water partition coefficient (Wildman–Crippen LogP) is 3.40. The monoisotopic (exact) mass is 535 g/mol. The maximum atomic E-state index is 12.5. The van der Waals surface area contributed by atoms with Gasteiger partial charge in [0.1, 0.15) is 4.60 Å². The molecule has 0 aliphatic carbocycles. The lowest BCUT2D eigenvalue weighted by Crippen LogP contribution is -2.24. The molecule has 0 bridgehead atoms. The van der Waals surface area contributed by atoms with Gasteiger partial charge < -0.3 is 28.9 Å². The van der Waals surface area contributed by atoms with Gasteiger partial charge in [-0.25, -0.2) is 9.59 Å². The number of ether oxygens (including phenoxy) is 4. The van der Waals surface area contributed by atoms with Gasteiger partial charge in [0.15, 0.2) is 17.2 Å². The Hall–Kier alpha value is -2.40. The summed E-state index contributed by atoms with van der Waals surface area (Å²) in [5, 5.41) is 8.97. The van der Waals surface area contributed by atoms with Crippen molar-refractivity contribution in [3.05, 3.63) is 26.9 Å². The number of hydrogen-bond donors (Lipinski definition) is 1. The first-order valence-corrected chi connectivity index (χ1v) is 9.82. The third-order valence-electron chi connectivity index (χ3n) is 3.77. The number of carboxylic acid groups (broad SMARTS) is 1. The first kappa shape index (κ1) is 22.9. The van der Waals surface area contributed by atoms with E-state index in [-0.39, 0.29) is 16.9 Å². The minimum Gasteiger partial charge on any atom is -0.493 e. The van der Waals surface area contributed by atoms with E-state index in [1.54, 1.807) is 19.1 Å². The van der Waals surface area contributed by atoms with E-state index in [0.29, 0.717) is 32.8 Å². The quantitative estimate of drug-likeness (QED) is 0.486. The number of esters is 1. The topological polar surface area (TPSA) is 105 Å². The lowest BCUT2D eigenvalue weighted by molar-refractivity contribution is -0.142. The van der Waals surface area contributed by atoms with E-state index in [2.05, 4.69) is 31.9 Å². The normalized spacial score (nSPS) is 10.4. The fourth-order valence-electron chi connectivity index (χ4n) is 2.64. The van der Waals surface area contributed by atoms with Gasteiger partial charge in [-0.15, -0.1) is 0 Å². The average molecular weight is 537 g/mol. The summed E-state index contributed by atoms with van der Waals surface area (Å²) in [4.78, 5) is 28.8. The molecule has 0 unspecified atom stereocenters. The Morgan fingerprint density at radius 1 is 1.07 bits per heavy atom. The number of hydrogen-bond acceptors (Lipinski definition) is 7. The van der Waals surface area contributed by atoms with Crippen LogP contribution in [0, 0.1) is 0 Å². The molecule has 0 atom stereocenters. The van der Waals surface area contributed by atoms with Crippen molar-refractivity contribution in [2.24, 2.45) is 0 Å². The van der Waals surface area contributed by atoms with Crippen LogP contribution >= 0.6 is 31.9 Å². The number of carbonyl (C=O) groups excluding carboxylic acids is 1. The van der Waals surface area contributed by atoms with Crippen molar-refractivity contribution >= 4 is 43.8 Å². The number of aromatic nitrogens is 1. The fourth-order valence-corrected chi connectivity index (χ4v) is 4.32. The molecule has 11 heteroatoms. The minimum absolute atomic E-state index is 0.0215. The molecule has 1 aromatic heterocycles. The van der Waals surface area contributed by atoms with Gasteiger partial charge in [0.25, 0.3) is 0 Å². The largest absolute Gasteiger partial charge is 0.493 e. The molecule has 1 N–H and O–H groups in total. The molecule has 2 aromatic rings. The van der Waals surface area contributed by atoms with Crippen LogP contribution in [-0.4, -0.2) is 56.3 Å². The standard InChI is InChI=1S/C18H19Br2NO8/c1-5-28-18(24)14-13(19)12(17(20)21(14)29-8-11(22)23)9-6-7-10(25-2)16(27-4)15(9)26-3/h6-7H,5,8H2,1-4H3,(H,22,23). The van der Waals surface area contributed by atoms with E-state index in [1.807, 2.05) is 0 Å². The van der Waals surface area contributed by atoms with Gasteiger partial charge in [-0.1, -0.05) is 0 Å². The molecule has 0 saturated carbocycles. The summed E-state index contributed by atoms with van der Waals surface area (Å²) < 4.78 is 23.0. The summed E-state index contributed by atoms with van der Waals surface area (Å²) >= 11 is 6.79. The minimum atomic E-state index is -1.21. The van der Waals surface area contributed by atoms with E-state index in [0.717, 1.165) is 4.73 Å². The maximum Gasteiger partial charge on any atom is 0.359 e. The van der Waals surface area contributed by atoms with Crippen LogP contribution in [0.3, 0.4) is 0 Å². The van der Waals surface area contributed by atoms with Gasteiger partial charge in [0, 0.05) is 11.1 Å². The summed E-state index contributed by atoms with van der Waals surface area (Å²) in [6.07, 6.45) is 0. The molecular formula is C18H19Br2NO8. The second-order valence-electron chi connectivity index (χ2n) is 5.39.